The lowest BCUT2D eigenvalue weighted by Crippen LogP contribution is -2.44. The van der Waals surface area contributed by atoms with E-state index in [-0.39, 0.29) is 17.5 Å². The molecule has 6 nitrogen and oxygen atoms in total. The molecule has 2 aromatic carbocycles. The summed E-state index contributed by atoms with van der Waals surface area (Å²) in [5.74, 6) is 1.24. The summed E-state index contributed by atoms with van der Waals surface area (Å²) in [7, 11) is 1.67. The van der Waals surface area contributed by atoms with Gasteiger partial charge in [-0.2, -0.15) is 0 Å². The van der Waals surface area contributed by atoms with Crippen LogP contribution in [0.1, 0.15) is 36.3 Å². The molecule has 1 amide bonds. The summed E-state index contributed by atoms with van der Waals surface area (Å²) in [5, 5.41) is 3.66. The van der Waals surface area contributed by atoms with Gasteiger partial charge in [0.15, 0.2) is 0 Å². The molecule has 0 bridgehead atoms. The van der Waals surface area contributed by atoms with Crippen molar-refractivity contribution in [2.45, 2.75) is 45.2 Å². The number of carbonyl (C=O) groups is 1. The van der Waals surface area contributed by atoms with E-state index >= 15 is 0 Å². The van der Waals surface area contributed by atoms with Gasteiger partial charge in [0, 0.05) is 6.04 Å². The van der Waals surface area contributed by atoms with Gasteiger partial charge in [0.05, 0.1) is 18.0 Å². The number of hydrogen-bond donors (Lipinski definition) is 1. The number of ether oxygens (including phenoxy) is 1. The van der Waals surface area contributed by atoms with E-state index in [1.54, 1.807) is 27.0 Å². The van der Waals surface area contributed by atoms with Crippen molar-refractivity contribution in [3.05, 3.63) is 69.8 Å². The maximum absolute atomic E-state index is 12.9. The number of carbonyl (C=O) groups excluding carboxylic acids is 1. The molecule has 3 aromatic rings. The summed E-state index contributed by atoms with van der Waals surface area (Å²) >= 11 is 0. The number of aromatic nitrogens is 2. The highest BCUT2D eigenvalue weighted by Crippen LogP contribution is 2.26. The molecule has 0 aliphatic heterocycles. The standard InChI is InChI=1S/C23H25N3O3/c1-14(26-15(2)24-21-7-5-4-6-20(21)23(26)28)22(27)25-18-10-8-17-13-19(29-3)11-9-16(17)12-18/h4-7,9,11,13-14,18H,8,10,12H2,1-3H3,(H,25,27). The molecule has 0 spiro atoms. The highest BCUT2D eigenvalue weighted by Gasteiger charge is 2.25. The molecule has 0 saturated carbocycles. The van der Waals surface area contributed by atoms with E-state index in [1.165, 1.54) is 15.7 Å². The number of fused-ring (bicyclic) bond motifs is 2. The monoisotopic (exact) mass is 391 g/mol. The fraction of sp³-hybridized carbons (Fsp3) is 0.348. The molecule has 1 N–H and O–H groups in total. The van der Waals surface area contributed by atoms with Crippen LogP contribution in [0, 0.1) is 6.92 Å². The van der Waals surface area contributed by atoms with Crippen LogP contribution < -0.4 is 15.6 Å². The average Bonchev–Trinajstić information content (AvgIpc) is 2.73. The SMILES string of the molecule is COc1ccc2c(c1)CCC(NC(=O)C(C)n1c(C)nc3ccccc3c1=O)C2. The van der Waals surface area contributed by atoms with Gasteiger partial charge in [-0.15, -0.1) is 0 Å². The molecule has 0 fully saturated rings. The Morgan fingerprint density at radius 2 is 2.03 bits per heavy atom. The maximum Gasteiger partial charge on any atom is 0.262 e. The van der Waals surface area contributed by atoms with E-state index in [0.717, 1.165) is 25.0 Å². The molecule has 0 saturated heterocycles. The molecule has 2 atom stereocenters. The van der Waals surface area contributed by atoms with Crippen LogP contribution in [-0.4, -0.2) is 28.6 Å². The topological polar surface area (TPSA) is 73.2 Å². The molecule has 29 heavy (non-hydrogen) atoms. The minimum atomic E-state index is -0.628. The minimum Gasteiger partial charge on any atom is -0.497 e. The van der Waals surface area contributed by atoms with Crippen LogP contribution in [0.25, 0.3) is 10.9 Å². The molecule has 1 aromatic heterocycles. The normalized spacial score (nSPS) is 16.9. The molecule has 1 aliphatic carbocycles. The highest BCUT2D eigenvalue weighted by molar-refractivity contribution is 5.82. The molecule has 1 aliphatic rings. The zero-order chi connectivity index (χ0) is 20.5. The molecule has 2 unspecified atom stereocenters. The molecule has 0 radical (unpaired) electrons. The van der Waals surface area contributed by atoms with Gasteiger partial charge < -0.3 is 10.1 Å². The first-order valence-corrected chi connectivity index (χ1v) is 9.92. The Balaban J connectivity index is 1.53. The highest BCUT2D eigenvalue weighted by atomic mass is 16.5. The van der Waals surface area contributed by atoms with Gasteiger partial charge in [-0.1, -0.05) is 18.2 Å². The van der Waals surface area contributed by atoms with Gasteiger partial charge in [0.2, 0.25) is 5.91 Å². The largest absolute Gasteiger partial charge is 0.497 e. The fourth-order valence-electron chi connectivity index (χ4n) is 4.13. The van der Waals surface area contributed by atoms with Crippen molar-refractivity contribution in [1.29, 1.82) is 0 Å². The first-order chi connectivity index (χ1) is 14.0. The van der Waals surface area contributed by atoms with E-state index in [1.807, 2.05) is 24.3 Å². The molecule has 150 valence electrons. The number of benzene rings is 2. The van der Waals surface area contributed by atoms with E-state index < -0.39 is 6.04 Å². The van der Waals surface area contributed by atoms with Crippen molar-refractivity contribution in [3.8, 4) is 5.75 Å². The molecular weight excluding hydrogens is 366 g/mol. The Morgan fingerprint density at radius 1 is 1.24 bits per heavy atom. The number of methoxy groups -OCH3 is 1. The summed E-state index contributed by atoms with van der Waals surface area (Å²) in [6.07, 6.45) is 2.53. The Labute approximate surface area is 169 Å². The van der Waals surface area contributed by atoms with Gasteiger partial charge in [0.1, 0.15) is 17.6 Å². The number of nitrogens with one attached hydrogen (secondary N) is 1. The van der Waals surface area contributed by atoms with Gasteiger partial charge in [-0.05, 0) is 68.5 Å². The Hall–Kier alpha value is -3.15. The summed E-state index contributed by atoms with van der Waals surface area (Å²) in [5.41, 5.74) is 2.97. The van der Waals surface area contributed by atoms with Crippen molar-refractivity contribution in [1.82, 2.24) is 14.9 Å². The zero-order valence-corrected chi connectivity index (χ0v) is 16.9. The number of para-hydroxylation sites is 1. The van der Waals surface area contributed by atoms with E-state index in [9.17, 15) is 9.59 Å². The number of hydrogen-bond acceptors (Lipinski definition) is 4. The summed E-state index contributed by atoms with van der Waals surface area (Å²) in [4.78, 5) is 30.4. The summed E-state index contributed by atoms with van der Waals surface area (Å²) in [6.45, 7) is 3.52. The predicted octanol–water partition coefficient (Wildman–Crippen LogP) is 2.95. The summed E-state index contributed by atoms with van der Waals surface area (Å²) in [6, 6.07) is 12.7. The lowest BCUT2D eigenvalue weighted by atomic mass is 9.88. The third-order valence-corrected chi connectivity index (χ3v) is 5.74. The zero-order valence-electron chi connectivity index (χ0n) is 16.9. The van der Waals surface area contributed by atoms with Crippen molar-refractivity contribution in [3.63, 3.8) is 0 Å². The molecular formula is C23H25N3O3. The van der Waals surface area contributed by atoms with Crippen molar-refractivity contribution in [2.75, 3.05) is 7.11 Å². The lowest BCUT2D eigenvalue weighted by Gasteiger charge is -2.27. The van der Waals surface area contributed by atoms with Crippen LogP contribution >= 0.6 is 0 Å². The quantitative estimate of drug-likeness (QED) is 0.742. The fourth-order valence-corrected chi connectivity index (χ4v) is 4.13. The van der Waals surface area contributed by atoms with Gasteiger partial charge >= 0.3 is 0 Å². The average molecular weight is 391 g/mol. The minimum absolute atomic E-state index is 0.0512. The predicted molar refractivity (Wildman–Crippen MR) is 112 cm³/mol. The number of nitrogens with zero attached hydrogens (tertiary/aromatic N) is 2. The first-order valence-electron chi connectivity index (χ1n) is 9.92. The number of amides is 1. The Morgan fingerprint density at radius 3 is 2.83 bits per heavy atom. The van der Waals surface area contributed by atoms with Gasteiger partial charge in [-0.25, -0.2) is 4.98 Å². The first kappa shape index (κ1) is 19.2. The molecule has 4 rings (SSSR count). The second kappa shape index (κ2) is 7.70. The maximum atomic E-state index is 12.9. The van der Waals surface area contributed by atoms with E-state index in [4.69, 9.17) is 4.74 Å². The Kier molecular flexibility index (Phi) is 5.09. The van der Waals surface area contributed by atoms with Crippen LogP contribution in [0.2, 0.25) is 0 Å². The summed E-state index contributed by atoms with van der Waals surface area (Å²) < 4.78 is 6.78. The second-order valence-electron chi connectivity index (χ2n) is 7.61. The van der Waals surface area contributed by atoms with Crippen LogP contribution in [0.3, 0.4) is 0 Å². The smallest absolute Gasteiger partial charge is 0.262 e. The van der Waals surface area contributed by atoms with Crippen molar-refractivity contribution >= 4 is 16.8 Å². The van der Waals surface area contributed by atoms with Crippen LogP contribution in [0.4, 0.5) is 0 Å². The Bertz CT molecular complexity index is 1140. The van der Waals surface area contributed by atoms with Gasteiger partial charge in [-0.3, -0.25) is 14.2 Å². The van der Waals surface area contributed by atoms with E-state index in [0.29, 0.717) is 16.7 Å². The van der Waals surface area contributed by atoms with Crippen LogP contribution in [0.5, 0.6) is 5.75 Å². The van der Waals surface area contributed by atoms with Crippen molar-refractivity contribution in [2.24, 2.45) is 0 Å². The molecule has 6 heteroatoms. The van der Waals surface area contributed by atoms with Crippen molar-refractivity contribution < 1.29 is 9.53 Å². The van der Waals surface area contributed by atoms with Crippen LogP contribution in [0.15, 0.2) is 47.3 Å². The third kappa shape index (κ3) is 3.62. The van der Waals surface area contributed by atoms with Gasteiger partial charge in [0.25, 0.3) is 5.56 Å². The second-order valence-corrected chi connectivity index (χ2v) is 7.61. The molecule has 1 heterocycles. The third-order valence-electron chi connectivity index (χ3n) is 5.74. The van der Waals surface area contributed by atoms with Crippen LogP contribution in [-0.2, 0) is 17.6 Å². The number of aryl methyl sites for hydroxylation is 2. The lowest BCUT2D eigenvalue weighted by molar-refractivity contribution is -0.124. The van der Waals surface area contributed by atoms with E-state index in [2.05, 4.69) is 22.4 Å². The number of rotatable bonds is 4.